The van der Waals surface area contributed by atoms with E-state index in [1.165, 1.54) is 60.0 Å². The molecule has 0 fully saturated rings. The van der Waals surface area contributed by atoms with Crippen molar-refractivity contribution in [3.63, 3.8) is 0 Å². The molecule has 232 valence electrons. The van der Waals surface area contributed by atoms with Gasteiger partial charge in [-0.3, -0.25) is 5.41 Å². The fourth-order valence-electron chi connectivity index (χ4n) is 7.40. The van der Waals surface area contributed by atoms with Gasteiger partial charge in [0.1, 0.15) is 0 Å². The zero-order chi connectivity index (χ0) is 32.7. The van der Waals surface area contributed by atoms with Gasteiger partial charge in [0, 0.05) is 27.6 Å². The number of anilines is 1. The van der Waals surface area contributed by atoms with Gasteiger partial charge in [-0.05, 0) is 62.0 Å². The second kappa shape index (κ2) is 12.0. The van der Waals surface area contributed by atoms with E-state index in [4.69, 9.17) is 0 Å². The van der Waals surface area contributed by atoms with Crippen LogP contribution in [0.3, 0.4) is 0 Å². The molecular formula is C46H33N3. The second-order valence-corrected chi connectivity index (χ2v) is 12.5. The summed E-state index contributed by atoms with van der Waals surface area (Å²) in [6, 6.07) is 61.9. The minimum Gasteiger partial charge on any atom is -0.367 e. The predicted octanol–water partition coefficient (Wildman–Crippen LogP) is 11.9. The number of nitrogens with zero attached hydrogens (tertiary/aromatic N) is 1. The first kappa shape index (κ1) is 28.7. The minimum atomic E-state index is 0.495. The van der Waals surface area contributed by atoms with E-state index in [2.05, 4.69) is 149 Å². The molecule has 0 unspecified atom stereocenters. The predicted molar refractivity (Wildman–Crippen MR) is 208 cm³/mol. The zero-order valence-electron chi connectivity index (χ0n) is 26.9. The molecule has 1 aromatic heterocycles. The van der Waals surface area contributed by atoms with E-state index < -0.39 is 0 Å². The maximum absolute atomic E-state index is 9.23. The number of aromatic nitrogens is 1. The van der Waals surface area contributed by atoms with Crippen LogP contribution in [0.15, 0.2) is 176 Å². The third-order valence-electron chi connectivity index (χ3n) is 9.76. The lowest BCUT2D eigenvalue weighted by molar-refractivity contribution is 0.841. The molecular weight excluding hydrogens is 595 g/mol. The molecule has 0 aliphatic carbocycles. The number of hydrogen-bond acceptors (Lipinski definition) is 2. The third kappa shape index (κ3) is 4.95. The molecule has 3 nitrogen and oxygen atoms in total. The van der Waals surface area contributed by atoms with E-state index in [0.29, 0.717) is 12.4 Å². The number of benzene rings is 8. The number of hydrogen-bond donors (Lipinski definition) is 2. The monoisotopic (exact) mass is 627 g/mol. The SMILES string of the molecule is N=C(c1ccc(-c2ccccc2)cc1)c1ccccc1NCn1c2ccccc2c2c3ccccc3c(-c3cccc4ccccc34)cc21. The molecule has 0 spiro atoms. The van der Waals surface area contributed by atoms with Crippen molar-refractivity contribution in [1.82, 2.24) is 4.57 Å². The Hall–Kier alpha value is -6.45. The second-order valence-electron chi connectivity index (χ2n) is 12.5. The van der Waals surface area contributed by atoms with Crippen molar-refractivity contribution < 1.29 is 0 Å². The number of nitrogens with one attached hydrogen (secondary N) is 2. The standard InChI is InChI=1S/C46H33N3/c47-46(34-27-25-32(26-28-34)31-13-2-1-3-14-31)39-20-8-10-23-42(39)48-30-49-43-24-11-9-21-40(43)45-38-19-7-6-18-37(38)41(29-44(45)49)36-22-12-16-33-15-4-5-17-35(33)36/h1-29,47-48H,30H2. The van der Waals surface area contributed by atoms with Crippen LogP contribution >= 0.6 is 0 Å². The van der Waals surface area contributed by atoms with Gasteiger partial charge in [-0.15, -0.1) is 0 Å². The molecule has 0 saturated heterocycles. The molecule has 1 heterocycles. The summed E-state index contributed by atoms with van der Waals surface area (Å²) < 4.78 is 2.39. The summed E-state index contributed by atoms with van der Waals surface area (Å²) >= 11 is 0. The van der Waals surface area contributed by atoms with E-state index >= 15 is 0 Å². The number of fused-ring (bicyclic) bond motifs is 6. The zero-order valence-corrected chi connectivity index (χ0v) is 26.9. The highest BCUT2D eigenvalue weighted by molar-refractivity contribution is 6.24. The first-order valence-electron chi connectivity index (χ1n) is 16.7. The van der Waals surface area contributed by atoms with E-state index in [0.717, 1.165) is 22.4 Å². The van der Waals surface area contributed by atoms with Crippen LogP contribution in [-0.2, 0) is 6.67 Å². The van der Waals surface area contributed by atoms with Crippen molar-refractivity contribution in [1.29, 1.82) is 5.41 Å². The molecule has 0 aliphatic rings. The Morgan fingerprint density at radius 3 is 1.96 bits per heavy atom. The molecule has 9 rings (SSSR count). The summed E-state index contributed by atoms with van der Waals surface area (Å²) in [6.45, 7) is 0.550. The van der Waals surface area contributed by atoms with Crippen LogP contribution in [0.2, 0.25) is 0 Å². The molecule has 0 aliphatic heterocycles. The minimum absolute atomic E-state index is 0.495. The molecule has 2 N–H and O–H groups in total. The fraction of sp³-hybridized carbons (Fsp3) is 0.0217. The lowest BCUT2D eigenvalue weighted by Crippen LogP contribution is -2.12. The molecule has 0 bridgehead atoms. The average molecular weight is 628 g/mol. The van der Waals surface area contributed by atoms with E-state index in [1.807, 2.05) is 36.4 Å². The van der Waals surface area contributed by atoms with Gasteiger partial charge < -0.3 is 9.88 Å². The quantitative estimate of drug-likeness (QED) is 0.170. The van der Waals surface area contributed by atoms with E-state index in [1.54, 1.807) is 0 Å². The Morgan fingerprint density at radius 2 is 1.12 bits per heavy atom. The Labute approximate surface area is 285 Å². The van der Waals surface area contributed by atoms with Crippen molar-refractivity contribution in [2.45, 2.75) is 6.67 Å². The van der Waals surface area contributed by atoms with Crippen LogP contribution in [0.4, 0.5) is 5.69 Å². The van der Waals surface area contributed by atoms with Crippen LogP contribution in [0.25, 0.3) is 65.6 Å². The Bertz CT molecular complexity index is 2660. The largest absolute Gasteiger partial charge is 0.367 e. The first-order chi connectivity index (χ1) is 24.2. The van der Waals surface area contributed by atoms with Gasteiger partial charge in [0.05, 0.1) is 23.4 Å². The van der Waals surface area contributed by atoms with Gasteiger partial charge in [-0.2, -0.15) is 0 Å². The summed E-state index contributed by atoms with van der Waals surface area (Å²) in [5.41, 5.74) is 10.3. The van der Waals surface area contributed by atoms with E-state index in [-0.39, 0.29) is 0 Å². The smallest absolute Gasteiger partial charge is 0.0926 e. The van der Waals surface area contributed by atoms with Crippen molar-refractivity contribution in [3.8, 4) is 22.3 Å². The maximum Gasteiger partial charge on any atom is 0.0926 e. The summed E-state index contributed by atoms with van der Waals surface area (Å²) in [5.74, 6) is 0. The average Bonchev–Trinajstić information content (AvgIpc) is 3.50. The lowest BCUT2D eigenvalue weighted by atomic mass is 9.92. The van der Waals surface area contributed by atoms with Crippen molar-refractivity contribution in [2.24, 2.45) is 0 Å². The van der Waals surface area contributed by atoms with Crippen molar-refractivity contribution in [3.05, 3.63) is 187 Å². The highest BCUT2D eigenvalue weighted by atomic mass is 15.1. The highest BCUT2D eigenvalue weighted by Crippen LogP contribution is 2.42. The lowest BCUT2D eigenvalue weighted by Gasteiger charge is -2.16. The normalized spacial score (nSPS) is 11.4. The van der Waals surface area contributed by atoms with Crippen LogP contribution in [0, 0.1) is 5.41 Å². The fourth-order valence-corrected chi connectivity index (χ4v) is 7.40. The molecule has 0 amide bonds. The van der Waals surface area contributed by atoms with Gasteiger partial charge in [-0.1, -0.05) is 158 Å². The maximum atomic E-state index is 9.23. The summed E-state index contributed by atoms with van der Waals surface area (Å²) in [4.78, 5) is 0. The van der Waals surface area contributed by atoms with E-state index in [9.17, 15) is 5.41 Å². The van der Waals surface area contributed by atoms with Gasteiger partial charge in [0.2, 0.25) is 0 Å². The third-order valence-corrected chi connectivity index (χ3v) is 9.76. The van der Waals surface area contributed by atoms with Crippen LogP contribution in [-0.4, -0.2) is 10.3 Å². The van der Waals surface area contributed by atoms with Gasteiger partial charge in [-0.25, -0.2) is 0 Å². The Morgan fingerprint density at radius 1 is 0.490 bits per heavy atom. The first-order valence-corrected chi connectivity index (χ1v) is 16.7. The van der Waals surface area contributed by atoms with Crippen LogP contribution < -0.4 is 5.32 Å². The molecule has 8 aromatic carbocycles. The summed E-state index contributed by atoms with van der Waals surface area (Å²) in [5, 5.41) is 20.5. The molecule has 0 atom stereocenters. The number of rotatable bonds is 7. The summed E-state index contributed by atoms with van der Waals surface area (Å²) in [7, 11) is 0. The molecule has 0 radical (unpaired) electrons. The molecule has 49 heavy (non-hydrogen) atoms. The van der Waals surface area contributed by atoms with Crippen molar-refractivity contribution >= 4 is 54.7 Å². The molecule has 3 heteroatoms. The van der Waals surface area contributed by atoms with Crippen LogP contribution in [0.5, 0.6) is 0 Å². The van der Waals surface area contributed by atoms with Gasteiger partial charge >= 0.3 is 0 Å². The topological polar surface area (TPSA) is 40.8 Å². The highest BCUT2D eigenvalue weighted by Gasteiger charge is 2.18. The van der Waals surface area contributed by atoms with Crippen LogP contribution in [0.1, 0.15) is 11.1 Å². The Balaban J connectivity index is 1.14. The van der Waals surface area contributed by atoms with Gasteiger partial charge in [0.25, 0.3) is 0 Å². The Kier molecular flexibility index (Phi) is 7.02. The van der Waals surface area contributed by atoms with Crippen molar-refractivity contribution in [2.75, 3.05) is 5.32 Å². The number of para-hydroxylation sites is 2. The molecule has 0 saturated carbocycles. The summed E-state index contributed by atoms with van der Waals surface area (Å²) in [6.07, 6.45) is 0. The molecule has 9 aromatic rings. The van der Waals surface area contributed by atoms with Gasteiger partial charge in [0.15, 0.2) is 0 Å².